The van der Waals surface area contributed by atoms with E-state index in [9.17, 15) is 14.7 Å². The maximum absolute atomic E-state index is 12.4. The molecule has 0 aromatic heterocycles. The lowest BCUT2D eigenvalue weighted by Crippen LogP contribution is -2.60. The molecular weight excluding hydrogens is 292 g/mol. The van der Waals surface area contributed by atoms with Gasteiger partial charge in [-0.1, -0.05) is 26.3 Å². The van der Waals surface area contributed by atoms with Gasteiger partial charge in [-0.3, -0.25) is 9.59 Å². The summed E-state index contributed by atoms with van der Waals surface area (Å²) in [5, 5.41) is 11.2. The zero-order valence-corrected chi connectivity index (χ0v) is 15.2. The number of ketones is 1. The van der Waals surface area contributed by atoms with Crippen molar-refractivity contribution in [2.24, 2.45) is 17.3 Å². The molecule has 130 valence electrons. The van der Waals surface area contributed by atoms with Crippen molar-refractivity contribution in [1.82, 2.24) is 0 Å². The monoisotopic (exact) mass is 322 g/mol. The van der Waals surface area contributed by atoms with Crippen molar-refractivity contribution in [3.05, 3.63) is 11.1 Å². The molecule has 0 aromatic carbocycles. The van der Waals surface area contributed by atoms with Gasteiger partial charge in [-0.15, -0.1) is 0 Å². The first-order valence-electron chi connectivity index (χ1n) is 8.61. The molecule has 2 rings (SSSR count). The minimum absolute atomic E-state index is 0.0729. The third-order valence-corrected chi connectivity index (χ3v) is 5.82. The Balaban J connectivity index is 2.31. The van der Waals surface area contributed by atoms with Crippen LogP contribution in [0.3, 0.4) is 0 Å². The predicted octanol–water partition coefficient (Wildman–Crippen LogP) is 3.42. The van der Waals surface area contributed by atoms with Gasteiger partial charge >= 0.3 is 5.97 Å². The fourth-order valence-corrected chi connectivity index (χ4v) is 4.25. The Hall–Kier alpha value is -1.16. The topological polar surface area (TPSA) is 63.6 Å². The van der Waals surface area contributed by atoms with Crippen LogP contribution in [0.5, 0.6) is 0 Å². The second-order valence-corrected chi connectivity index (χ2v) is 8.33. The molecule has 0 heterocycles. The molecule has 1 N–H and O–H groups in total. The van der Waals surface area contributed by atoms with Crippen LogP contribution in [0.15, 0.2) is 11.1 Å². The molecule has 0 saturated heterocycles. The number of ether oxygens (including phenoxy) is 1. The maximum Gasteiger partial charge on any atom is 0.308 e. The number of allylic oxidation sites excluding steroid dienone is 2. The van der Waals surface area contributed by atoms with E-state index in [1.54, 1.807) is 20.8 Å². The molecule has 0 bridgehead atoms. The zero-order valence-electron chi connectivity index (χ0n) is 15.2. The van der Waals surface area contributed by atoms with E-state index in [2.05, 4.69) is 6.92 Å². The van der Waals surface area contributed by atoms with E-state index in [1.165, 1.54) is 0 Å². The third-order valence-electron chi connectivity index (χ3n) is 5.82. The van der Waals surface area contributed by atoms with Gasteiger partial charge in [0.05, 0.1) is 5.92 Å². The van der Waals surface area contributed by atoms with E-state index in [1.807, 2.05) is 13.8 Å². The lowest BCUT2D eigenvalue weighted by molar-refractivity contribution is -0.201. The molecule has 0 spiro atoms. The van der Waals surface area contributed by atoms with Gasteiger partial charge in [-0.05, 0) is 51.0 Å². The van der Waals surface area contributed by atoms with Crippen LogP contribution < -0.4 is 0 Å². The highest BCUT2D eigenvalue weighted by atomic mass is 16.6. The Morgan fingerprint density at radius 3 is 2.43 bits per heavy atom. The van der Waals surface area contributed by atoms with Crippen LogP contribution in [0.25, 0.3) is 0 Å². The van der Waals surface area contributed by atoms with Gasteiger partial charge in [-0.25, -0.2) is 0 Å². The average Bonchev–Trinajstić information content (AvgIpc) is 2.40. The van der Waals surface area contributed by atoms with Crippen LogP contribution in [0.4, 0.5) is 0 Å². The molecule has 2 saturated carbocycles. The standard InChI is InChI=1S/C19H30O4/c1-11(2)13-9-15-18(5,10-14(13)20)8-7-16(19(15,6)22)23-17(21)12(3)4/h12,15-16,22H,7-10H2,1-6H3/t15-,16-,18-,19+/m1/s1. The highest BCUT2D eigenvalue weighted by Gasteiger charge is 2.57. The number of esters is 1. The summed E-state index contributed by atoms with van der Waals surface area (Å²) in [5.74, 6) is -0.345. The second kappa shape index (κ2) is 6.04. The quantitative estimate of drug-likeness (QED) is 0.625. The van der Waals surface area contributed by atoms with Crippen molar-refractivity contribution in [3.8, 4) is 0 Å². The minimum atomic E-state index is -1.11. The zero-order chi connectivity index (χ0) is 17.6. The number of carbonyl (C=O) groups excluding carboxylic acids is 2. The fraction of sp³-hybridized carbons (Fsp3) is 0.789. The predicted molar refractivity (Wildman–Crippen MR) is 88.8 cm³/mol. The summed E-state index contributed by atoms with van der Waals surface area (Å²) in [6.45, 7) is 11.3. The SMILES string of the molecule is CC(C)=C1C[C@@H]2[C@](C)(CC[C@@H](OC(=O)C(C)C)[C@@]2(C)O)CC1=O. The van der Waals surface area contributed by atoms with E-state index in [4.69, 9.17) is 4.74 Å². The van der Waals surface area contributed by atoms with Gasteiger partial charge < -0.3 is 9.84 Å². The van der Waals surface area contributed by atoms with E-state index in [0.29, 0.717) is 19.3 Å². The molecular formula is C19H30O4. The van der Waals surface area contributed by atoms with Gasteiger partial charge in [0, 0.05) is 12.3 Å². The van der Waals surface area contributed by atoms with Crippen molar-refractivity contribution >= 4 is 11.8 Å². The molecule has 2 aliphatic carbocycles. The number of Topliss-reactive ketones (excluding diaryl/α,β-unsaturated/α-hetero) is 1. The number of carbonyl (C=O) groups is 2. The fourth-order valence-electron chi connectivity index (χ4n) is 4.25. The van der Waals surface area contributed by atoms with Crippen LogP contribution in [0.1, 0.15) is 67.2 Å². The van der Waals surface area contributed by atoms with Crippen LogP contribution in [0, 0.1) is 17.3 Å². The van der Waals surface area contributed by atoms with Crippen molar-refractivity contribution in [2.45, 2.75) is 78.9 Å². The summed E-state index contributed by atoms with van der Waals surface area (Å²) in [4.78, 5) is 24.4. The summed E-state index contributed by atoms with van der Waals surface area (Å²) in [5.41, 5.74) is 0.525. The van der Waals surface area contributed by atoms with Crippen molar-refractivity contribution < 1.29 is 19.4 Å². The van der Waals surface area contributed by atoms with E-state index < -0.39 is 11.7 Å². The first kappa shape index (κ1) is 18.2. The van der Waals surface area contributed by atoms with Gasteiger partial charge in [0.15, 0.2) is 5.78 Å². The maximum atomic E-state index is 12.4. The Labute approximate surface area is 139 Å². The molecule has 4 atom stereocenters. The number of aliphatic hydroxyl groups is 1. The lowest BCUT2D eigenvalue weighted by Gasteiger charge is -2.55. The largest absolute Gasteiger partial charge is 0.459 e. The van der Waals surface area contributed by atoms with E-state index in [-0.39, 0.29) is 29.0 Å². The highest BCUT2D eigenvalue weighted by Crippen LogP contribution is 2.55. The van der Waals surface area contributed by atoms with Gasteiger partial charge in [-0.2, -0.15) is 0 Å². The lowest BCUT2D eigenvalue weighted by atomic mass is 9.53. The Morgan fingerprint density at radius 1 is 1.30 bits per heavy atom. The summed E-state index contributed by atoms with van der Waals surface area (Å²) < 4.78 is 5.59. The highest BCUT2D eigenvalue weighted by molar-refractivity contribution is 5.97. The number of fused-ring (bicyclic) bond motifs is 1. The van der Waals surface area contributed by atoms with Crippen LogP contribution in [0.2, 0.25) is 0 Å². The van der Waals surface area contributed by atoms with Crippen molar-refractivity contribution in [1.29, 1.82) is 0 Å². The number of hydrogen-bond donors (Lipinski definition) is 1. The molecule has 0 aromatic rings. The Morgan fingerprint density at radius 2 is 1.91 bits per heavy atom. The number of hydrogen-bond acceptors (Lipinski definition) is 4. The Kier molecular flexibility index (Phi) is 4.78. The van der Waals surface area contributed by atoms with Gasteiger partial charge in [0.25, 0.3) is 0 Å². The third kappa shape index (κ3) is 3.23. The molecule has 2 aliphatic rings. The summed E-state index contributed by atoms with van der Waals surface area (Å²) >= 11 is 0. The molecule has 23 heavy (non-hydrogen) atoms. The van der Waals surface area contributed by atoms with Crippen molar-refractivity contribution in [2.75, 3.05) is 0 Å². The number of rotatable bonds is 2. The average molecular weight is 322 g/mol. The molecule has 0 aliphatic heterocycles. The van der Waals surface area contributed by atoms with Gasteiger partial charge in [0.1, 0.15) is 11.7 Å². The van der Waals surface area contributed by atoms with Gasteiger partial charge in [0.2, 0.25) is 0 Å². The first-order valence-corrected chi connectivity index (χ1v) is 8.61. The molecule has 0 radical (unpaired) electrons. The molecule has 4 nitrogen and oxygen atoms in total. The Bertz CT molecular complexity index is 540. The van der Waals surface area contributed by atoms with E-state index >= 15 is 0 Å². The first-order chi connectivity index (χ1) is 10.5. The summed E-state index contributed by atoms with van der Waals surface area (Å²) in [6.07, 6.45) is 1.95. The summed E-state index contributed by atoms with van der Waals surface area (Å²) in [6, 6.07) is 0. The second-order valence-electron chi connectivity index (χ2n) is 8.33. The van der Waals surface area contributed by atoms with Crippen LogP contribution in [-0.2, 0) is 14.3 Å². The summed E-state index contributed by atoms with van der Waals surface area (Å²) in [7, 11) is 0. The van der Waals surface area contributed by atoms with E-state index in [0.717, 1.165) is 17.6 Å². The van der Waals surface area contributed by atoms with Crippen molar-refractivity contribution in [3.63, 3.8) is 0 Å². The normalized spacial score (nSPS) is 37.6. The van der Waals surface area contributed by atoms with Crippen LogP contribution >= 0.6 is 0 Å². The molecule has 2 fully saturated rings. The molecule has 4 heteroatoms. The smallest absolute Gasteiger partial charge is 0.308 e. The minimum Gasteiger partial charge on any atom is -0.459 e. The molecule has 0 amide bonds. The molecule has 0 unspecified atom stereocenters. The van der Waals surface area contributed by atoms with Crippen LogP contribution in [-0.4, -0.2) is 28.6 Å².